The molecule has 0 amide bonds. The number of ether oxygens (including phenoxy) is 1. The van der Waals surface area contributed by atoms with Crippen molar-refractivity contribution in [2.24, 2.45) is 0 Å². The summed E-state index contributed by atoms with van der Waals surface area (Å²) >= 11 is 6.02. The molecular weight excluding hydrogens is 258 g/mol. The summed E-state index contributed by atoms with van der Waals surface area (Å²) in [6.45, 7) is 3.47. The molecule has 1 N–H and O–H groups in total. The Morgan fingerprint density at radius 3 is 2.63 bits per heavy atom. The van der Waals surface area contributed by atoms with Gasteiger partial charge in [-0.25, -0.2) is 0 Å². The van der Waals surface area contributed by atoms with Crippen molar-refractivity contribution in [2.45, 2.75) is 13.3 Å². The standard InChI is InChI=1S/C16H18ClNO/c1-2-19-16-9-8-14(17)12-15(16)18-11-10-13-6-4-3-5-7-13/h3-9,12,18H,2,10-11H2,1H3. The number of anilines is 1. The molecule has 19 heavy (non-hydrogen) atoms. The van der Waals surface area contributed by atoms with Gasteiger partial charge in [0.25, 0.3) is 0 Å². The molecule has 2 aromatic rings. The third-order valence-electron chi connectivity index (χ3n) is 2.81. The minimum atomic E-state index is 0.648. The van der Waals surface area contributed by atoms with Crippen LogP contribution in [0.4, 0.5) is 5.69 Å². The molecule has 0 spiro atoms. The van der Waals surface area contributed by atoms with Gasteiger partial charge >= 0.3 is 0 Å². The van der Waals surface area contributed by atoms with Gasteiger partial charge in [0.2, 0.25) is 0 Å². The lowest BCUT2D eigenvalue weighted by atomic mass is 10.1. The Kier molecular flexibility index (Phi) is 5.10. The van der Waals surface area contributed by atoms with Gasteiger partial charge in [0.15, 0.2) is 0 Å². The first-order chi connectivity index (χ1) is 9.29. The first-order valence-electron chi connectivity index (χ1n) is 6.49. The summed E-state index contributed by atoms with van der Waals surface area (Å²) in [4.78, 5) is 0. The Labute approximate surface area is 119 Å². The highest BCUT2D eigenvalue weighted by Gasteiger charge is 2.03. The summed E-state index contributed by atoms with van der Waals surface area (Å²) < 4.78 is 5.57. The number of rotatable bonds is 6. The van der Waals surface area contributed by atoms with Gasteiger partial charge in [-0.05, 0) is 37.1 Å². The minimum Gasteiger partial charge on any atom is -0.492 e. The smallest absolute Gasteiger partial charge is 0.142 e. The van der Waals surface area contributed by atoms with Crippen molar-refractivity contribution >= 4 is 17.3 Å². The molecule has 0 saturated heterocycles. The zero-order valence-electron chi connectivity index (χ0n) is 11.0. The average molecular weight is 276 g/mol. The van der Waals surface area contributed by atoms with Crippen LogP contribution in [-0.2, 0) is 6.42 Å². The van der Waals surface area contributed by atoms with E-state index in [9.17, 15) is 0 Å². The van der Waals surface area contributed by atoms with Crippen LogP contribution in [0.2, 0.25) is 5.02 Å². The maximum atomic E-state index is 6.02. The maximum Gasteiger partial charge on any atom is 0.142 e. The highest BCUT2D eigenvalue weighted by atomic mass is 35.5. The zero-order chi connectivity index (χ0) is 13.5. The Morgan fingerprint density at radius 2 is 1.89 bits per heavy atom. The van der Waals surface area contributed by atoms with E-state index >= 15 is 0 Å². The van der Waals surface area contributed by atoms with Crippen molar-refractivity contribution in [3.63, 3.8) is 0 Å². The molecule has 0 heterocycles. The van der Waals surface area contributed by atoms with Crippen LogP contribution in [-0.4, -0.2) is 13.2 Å². The molecule has 0 fully saturated rings. The van der Waals surface area contributed by atoms with Crippen LogP contribution in [0.3, 0.4) is 0 Å². The van der Waals surface area contributed by atoms with Gasteiger partial charge in [-0.3, -0.25) is 0 Å². The van der Waals surface area contributed by atoms with Gasteiger partial charge < -0.3 is 10.1 Å². The largest absolute Gasteiger partial charge is 0.492 e. The molecular formula is C16H18ClNO. The van der Waals surface area contributed by atoms with Gasteiger partial charge in [-0.2, -0.15) is 0 Å². The lowest BCUT2D eigenvalue weighted by Gasteiger charge is -2.12. The highest BCUT2D eigenvalue weighted by Crippen LogP contribution is 2.27. The normalized spacial score (nSPS) is 10.2. The molecule has 100 valence electrons. The molecule has 0 saturated carbocycles. The molecule has 2 rings (SSSR count). The van der Waals surface area contributed by atoms with Crippen molar-refractivity contribution in [2.75, 3.05) is 18.5 Å². The first kappa shape index (κ1) is 13.8. The van der Waals surface area contributed by atoms with Crippen molar-refractivity contribution in [3.8, 4) is 5.75 Å². The third kappa shape index (κ3) is 4.18. The van der Waals surface area contributed by atoms with Crippen LogP contribution in [0.1, 0.15) is 12.5 Å². The minimum absolute atomic E-state index is 0.648. The molecule has 0 unspecified atom stereocenters. The fraction of sp³-hybridized carbons (Fsp3) is 0.250. The van der Waals surface area contributed by atoms with Crippen molar-refractivity contribution < 1.29 is 4.74 Å². The first-order valence-corrected chi connectivity index (χ1v) is 6.87. The second kappa shape index (κ2) is 7.05. The van der Waals surface area contributed by atoms with E-state index in [1.807, 2.05) is 31.2 Å². The predicted octanol–water partition coefficient (Wildman–Crippen LogP) is 4.39. The summed E-state index contributed by atoms with van der Waals surface area (Å²) in [5, 5.41) is 4.09. The number of hydrogen-bond donors (Lipinski definition) is 1. The molecule has 2 nitrogen and oxygen atoms in total. The number of halogens is 1. The molecule has 2 aromatic carbocycles. The third-order valence-corrected chi connectivity index (χ3v) is 3.05. The van der Waals surface area contributed by atoms with E-state index in [2.05, 4.69) is 29.6 Å². The van der Waals surface area contributed by atoms with Crippen LogP contribution in [0.25, 0.3) is 0 Å². The Morgan fingerprint density at radius 1 is 1.11 bits per heavy atom. The van der Waals surface area contributed by atoms with Gasteiger partial charge in [0.05, 0.1) is 12.3 Å². The highest BCUT2D eigenvalue weighted by molar-refractivity contribution is 6.30. The van der Waals surface area contributed by atoms with Gasteiger partial charge in [0.1, 0.15) is 5.75 Å². The Balaban J connectivity index is 1.96. The van der Waals surface area contributed by atoms with E-state index in [1.54, 1.807) is 0 Å². The quantitative estimate of drug-likeness (QED) is 0.844. The zero-order valence-corrected chi connectivity index (χ0v) is 11.8. The average Bonchev–Trinajstić information content (AvgIpc) is 2.43. The van der Waals surface area contributed by atoms with Gasteiger partial charge in [-0.1, -0.05) is 41.9 Å². The van der Waals surface area contributed by atoms with Crippen molar-refractivity contribution in [1.82, 2.24) is 0 Å². The van der Waals surface area contributed by atoms with E-state index in [1.165, 1.54) is 5.56 Å². The van der Waals surface area contributed by atoms with Crippen molar-refractivity contribution in [3.05, 3.63) is 59.1 Å². The molecule has 3 heteroatoms. The molecule has 0 aromatic heterocycles. The number of hydrogen-bond acceptors (Lipinski definition) is 2. The Hall–Kier alpha value is -1.67. The SMILES string of the molecule is CCOc1ccc(Cl)cc1NCCc1ccccc1. The fourth-order valence-corrected chi connectivity index (χ4v) is 2.08. The molecule has 0 aliphatic heterocycles. The van der Waals surface area contributed by atoms with E-state index in [0.717, 1.165) is 24.4 Å². The van der Waals surface area contributed by atoms with E-state index < -0.39 is 0 Å². The van der Waals surface area contributed by atoms with Gasteiger partial charge in [0, 0.05) is 11.6 Å². The van der Waals surface area contributed by atoms with Crippen LogP contribution in [0, 0.1) is 0 Å². The van der Waals surface area contributed by atoms with E-state index in [4.69, 9.17) is 16.3 Å². The second-order valence-electron chi connectivity index (χ2n) is 4.24. The van der Waals surface area contributed by atoms with Gasteiger partial charge in [-0.15, -0.1) is 0 Å². The van der Waals surface area contributed by atoms with Crippen LogP contribution in [0.5, 0.6) is 5.75 Å². The monoisotopic (exact) mass is 275 g/mol. The lowest BCUT2D eigenvalue weighted by molar-refractivity contribution is 0.341. The summed E-state index contributed by atoms with van der Waals surface area (Å²) in [7, 11) is 0. The van der Waals surface area contributed by atoms with Crippen molar-refractivity contribution in [1.29, 1.82) is 0 Å². The number of nitrogens with one attached hydrogen (secondary N) is 1. The molecule has 0 radical (unpaired) electrons. The predicted molar refractivity (Wildman–Crippen MR) is 81.3 cm³/mol. The molecule has 0 aliphatic rings. The molecule has 0 aliphatic carbocycles. The van der Waals surface area contributed by atoms with Crippen LogP contribution < -0.4 is 10.1 Å². The molecule has 0 bridgehead atoms. The maximum absolute atomic E-state index is 6.02. The van der Waals surface area contributed by atoms with Crippen LogP contribution >= 0.6 is 11.6 Å². The molecule has 0 atom stereocenters. The summed E-state index contributed by atoms with van der Waals surface area (Å²) in [5.41, 5.74) is 2.26. The topological polar surface area (TPSA) is 21.3 Å². The summed E-state index contributed by atoms with van der Waals surface area (Å²) in [6, 6.07) is 16.0. The number of benzene rings is 2. The van der Waals surface area contributed by atoms with Crippen LogP contribution in [0.15, 0.2) is 48.5 Å². The van der Waals surface area contributed by atoms with E-state index in [-0.39, 0.29) is 0 Å². The van der Waals surface area contributed by atoms with E-state index in [0.29, 0.717) is 11.6 Å². The Bertz CT molecular complexity index is 513. The second-order valence-corrected chi connectivity index (χ2v) is 4.67. The summed E-state index contributed by atoms with van der Waals surface area (Å²) in [5.74, 6) is 0.847. The lowest BCUT2D eigenvalue weighted by Crippen LogP contribution is -2.06. The fourth-order valence-electron chi connectivity index (χ4n) is 1.91. The summed E-state index contributed by atoms with van der Waals surface area (Å²) in [6.07, 6.45) is 0.971.